The summed E-state index contributed by atoms with van der Waals surface area (Å²) in [7, 11) is 0. The Morgan fingerprint density at radius 1 is 1.15 bits per heavy atom. The van der Waals surface area contributed by atoms with Gasteiger partial charge in [0.15, 0.2) is 6.10 Å². The summed E-state index contributed by atoms with van der Waals surface area (Å²) in [5.74, 6) is 0.334. The van der Waals surface area contributed by atoms with Crippen LogP contribution in [0.5, 0.6) is 5.75 Å². The number of nitrogens with zero attached hydrogens (tertiary/aromatic N) is 1. The molecule has 0 fully saturated rings. The molecule has 1 unspecified atom stereocenters. The highest BCUT2D eigenvalue weighted by atomic mass is 16.5. The van der Waals surface area contributed by atoms with Crippen LogP contribution in [0.3, 0.4) is 0 Å². The van der Waals surface area contributed by atoms with E-state index in [1.807, 2.05) is 19.1 Å². The highest BCUT2D eigenvalue weighted by Crippen LogP contribution is 2.19. The van der Waals surface area contributed by atoms with E-state index < -0.39 is 6.10 Å². The van der Waals surface area contributed by atoms with Gasteiger partial charge in [-0.2, -0.15) is 5.26 Å². The SMILES string of the molecule is Cc1ccc(C(=O)C(C)Oc2ccccc2C#N)cc1. The van der Waals surface area contributed by atoms with Crippen LogP contribution in [0.25, 0.3) is 0 Å². The Labute approximate surface area is 118 Å². The van der Waals surface area contributed by atoms with Crippen molar-refractivity contribution in [2.24, 2.45) is 0 Å². The van der Waals surface area contributed by atoms with Gasteiger partial charge in [0.05, 0.1) is 5.56 Å². The fourth-order valence-corrected chi connectivity index (χ4v) is 1.86. The normalized spacial score (nSPS) is 11.4. The number of aryl methyl sites for hydroxylation is 1. The van der Waals surface area contributed by atoms with Gasteiger partial charge in [-0.05, 0) is 26.0 Å². The predicted molar refractivity (Wildman–Crippen MR) is 76.8 cm³/mol. The zero-order valence-electron chi connectivity index (χ0n) is 11.5. The van der Waals surface area contributed by atoms with Crippen LogP contribution in [0.1, 0.15) is 28.4 Å². The van der Waals surface area contributed by atoms with Gasteiger partial charge in [-0.1, -0.05) is 42.0 Å². The molecule has 2 rings (SSSR count). The van der Waals surface area contributed by atoms with Crippen LogP contribution in [0.4, 0.5) is 0 Å². The van der Waals surface area contributed by atoms with E-state index in [0.29, 0.717) is 16.9 Å². The van der Waals surface area contributed by atoms with Crippen molar-refractivity contribution in [2.45, 2.75) is 20.0 Å². The first kappa shape index (κ1) is 13.8. The standard InChI is InChI=1S/C17H15NO2/c1-12-7-9-14(10-8-12)17(19)13(2)20-16-6-4-3-5-15(16)11-18/h3-10,13H,1-2H3. The smallest absolute Gasteiger partial charge is 0.202 e. The summed E-state index contributed by atoms with van der Waals surface area (Å²) in [6.07, 6.45) is -0.632. The quantitative estimate of drug-likeness (QED) is 0.795. The minimum Gasteiger partial charge on any atom is -0.481 e. The first-order chi connectivity index (χ1) is 9.61. The van der Waals surface area contributed by atoms with Crippen LogP contribution < -0.4 is 4.74 Å². The number of ketones is 1. The van der Waals surface area contributed by atoms with E-state index in [9.17, 15) is 4.79 Å². The molecule has 100 valence electrons. The van der Waals surface area contributed by atoms with Gasteiger partial charge in [0.25, 0.3) is 0 Å². The van der Waals surface area contributed by atoms with Crippen molar-refractivity contribution in [3.63, 3.8) is 0 Å². The third-order valence-electron chi connectivity index (χ3n) is 3.02. The van der Waals surface area contributed by atoms with E-state index in [0.717, 1.165) is 5.56 Å². The van der Waals surface area contributed by atoms with Gasteiger partial charge >= 0.3 is 0 Å². The van der Waals surface area contributed by atoms with E-state index >= 15 is 0 Å². The Morgan fingerprint density at radius 3 is 2.45 bits per heavy atom. The lowest BCUT2D eigenvalue weighted by molar-refractivity contribution is 0.0818. The van der Waals surface area contributed by atoms with Crippen molar-refractivity contribution in [1.29, 1.82) is 5.26 Å². The van der Waals surface area contributed by atoms with Gasteiger partial charge in [-0.25, -0.2) is 0 Å². The number of hydrogen-bond acceptors (Lipinski definition) is 3. The van der Waals surface area contributed by atoms with Crippen LogP contribution in [0.2, 0.25) is 0 Å². The first-order valence-electron chi connectivity index (χ1n) is 6.38. The zero-order chi connectivity index (χ0) is 14.5. The van der Waals surface area contributed by atoms with Crippen molar-refractivity contribution in [3.8, 4) is 11.8 Å². The molecule has 20 heavy (non-hydrogen) atoms. The summed E-state index contributed by atoms with van der Waals surface area (Å²) in [4.78, 5) is 12.3. The van der Waals surface area contributed by atoms with Crippen molar-refractivity contribution in [3.05, 3.63) is 65.2 Å². The summed E-state index contributed by atoms with van der Waals surface area (Å²) in [5, 5.41) is 9.00. The average Bonchev–Trinajstić information content (AvgIpc) is 2.48. The lowest BCUT2D eigenvalue weighted by Crippen LogP contribution is -2.24. The van der Waals surface area contributed by atoms with Crippen molar-refractivity contribution >= 4 is 5.78 Å². The number of para-hydroxylation sites is 1. The van der Waals surface area contributed by atoms with Crippen LogP contribution >= 0.6 is 0 Å². The number of carbonyl (C=O) groups excluding carboxylic acids is 1. The maximum absolute atomic E-state index is 12.3. The molecule has 3 nitrogen and oxygen atoms in total. The minimum atomic E-state index is -0.632. The molecule has 0 heterocycles. The maximum atomic E-state index is 12.3. The average molecular weight is 265 g/mol. The van der Waals surface area contributed by atoms with Crippen LogP contribution in [0, 0.1) is 18.3 Å². The number of ether oxygens (including phenoxy) is 1. The lowest BCUT2D eigenvalue weighted by atomic mass is 10.1. The fraction of sp³-hybridized carbons (Fsp3) is 0.176. The first-order valence-corrected chi connectivity index (χ1v) is 6.38. The number of carbonyl (C=O) groups is 1. The van der Waals surface area contributed by atoms with Gasteiger partial charge in [-0.15, -0.1) is 0 Å². The van der Waals surface area contributed by atoms with Crippen molar-refractivity contribution < 1.29 is 9.53 Å². The largest absolute Gasteiger partial charge is 0.481 e. The third-order valence-corrected chi connectivity index (χ3v) is 3.02. The number of benzene rings is 2. The molecule has 2 aromatic carbocycles. The molecule has 0 aliphatic heterocycles. The second-order valence-electron chi connectivity index (χ2n) is 4.60. The zero-order valence-corrected chi connectivity index (χ0v) is 11.5. The van der Waals surface area contributed by atoms with Gasteiger partial charge < -0.3 is 4.74 Å². The number of nitriles is 1. The molecular weight excluding hydrogens is 250 g/mol. The highest BCUT2D eigenvalue weighted by Gasteiger charge is 2.17. The summed E-state index contributed by atoms with van der Waals surface area (Å²) < 4.78 is 5.61. The van der Waals surface area contributed by atoms with E-state index in [4.69, 9.17) is 10.00 Å². The molecule has 0 saturated carbocycles. The molecule has 0 saturated heterocycles. The number of rotatable bonds is 4. The molecule has 0 spiro atoms. The highest BCUT2D eigenvalue weighted by molar-refractivity contribution is 5.99. The molecule has 0 aromatic heterocycles. The van der Waals surface area contributed by atoms with Gasteiger partial charge in [0.1, 0.15) is 11.8 Å². The lowest BCUT2D eigenvalue weighted by Gasteiger charge is -2.14. The number of hydrogen-bond donors (Lipinski definition) is 0. The van der Waals surface area contributed by atoms with Crippen LogP contribution in [-0.4, -0.2) is 11.9 Å². The van der Waals surface area contributed by atoms with Gasteiger partial charge in [0.2, 0.25) is 5.78 Å². The summed E-state index contributed by atoms with van der Waals surface area (Å²) in [5.41, 5.74) is 2.14. The molecule has 2 aromatic rings. The van der Waals surface area contributed by atoms with Crippen molar-refractivity contribution in [1.82, 2.24) is 0 Å². The van der Waals surface area contributed by atoms with E-state index in [-0.39, 0.29) is 5.78 Å². The summed E-state index contributed by atoms with van der Waals surface area (Å²) >= 11 is 0. The third kappa shape index (κ3) is 3.04. The Hall–Kier alpha value is -2.60. The molecule has 1 atom stereocenters. The van der Waals surface area contributed by atoms with E-state index in [1.165, 1.54) is 0 Å². The molecular formula is C17H15NO2. The topological polar surface area (TPSA) is 50.1 Å². The monoisotopic (exact) mass is 265 g/mol. The summed E-state index contributed by atoms with van der Waals surface area (Å²) in [6, 6.07) is 16.3. The Balaban J connectivity index is 2.16. The van der Waals surface area contributed by atoms with Gasteiger partial charge in [-0.3, -0.25) is 4.79 Å². The van der Waals surface area contributed by atoms with Crippen LogP contribution in [0.15, 0.2) is 48.5 Å². The van der Waals surface area contributed by atoms with E-state index in [2.05, 4.69) is 6.07 Å². The van der Waals surface area contributed by atoms with E-state index in [1.54, 1.807) is 43.3 Å². The molecule has 0 aliphatic rings. The fourth-order valence-electron chi connectivity index (χ4n) is 1.86. The molecule has 0 amide bonds. The molecule has 3 heteroatoms. The maximum Gasteiger partial charge on any atom is 0.202 e. The van der Waals surface area contributed by atoms with Gasteiger partial charge in [0, 0.05) is 5.56 Å². The Bertz CT molecular complexity index is 653. The minimum absolute atomic E-state index is 0.0993. The molecule has 0 N–H and O–H groups in total. The Morgan fingerprint density at radius 2 is 1.80 bits per heavy atom. The molecule has 0 aliphatic carbocycles. The van der Waals surface area contributed by atoms with Crippen molar-refractivity contribution in [2.75, 3.05) is 0 Å². The predicted octanol–water partition coefficient (Wildman–Crippen LogP) is 3.52. The second-order valence-corrected chi connectivity index (χ2v) is 4.60. The second kappa shape index (κ2) is 6.03. The molecule has 0 radical (unpaired) electrons. The summed E-state index contributed by atoms with van der Waals surface area (Å²) in [6.45, 7) is 3.66. The van der Waals surface area contributed by atoms with Crippen LogP contribution in [-0.2, 0) is 0 Å². The molecule has 0 bridgehead atoms. The Kier molecular flexibility index (Phi) is 4.17. The number of Topliss-reactive ketones (excluding diaryl/α,β-unsaturated/α-hetero) is 1.